The predicted molar refractivity (Wildman–Crippen MR) is 77.4 cm³/mol. The predicted octanol–water partition coefficient (Wildman–Crippen LogP) is 0.897. The standard InChI is InChI=1S/C15H19N3O2/c16-13(15(19)18-5-7-20-8-6-18)9-11-10-17-14-4-2-1-3-12(11)14/h1-4,10,13,17H,5-9,16H2/t13-/m1/s1. The van der Waals surface area contributed by atoms with E-state index in [-0.39, 0.29) is 5.91 Å². The van der Waals surface area contributed by atoms with E-state index in [0.717, 1.165) is 16.5 Å². The van der Waals surface area contributed by atoms with Gasteiger partial charge >= 0.3 is 0 Å². The number of aromatic nitrogens is 1. The summed E-state index contributed by atoms with van der Waals surface area (Å²) in [7, 11) is 0. The van der Waals surface area contributed by atoms with Crippen LogP contribution in [0.4, 0.5) is 0 Å². The van der Waals surface area contributed by atoms with Crippen molar-refractivity contribution in [1.29, 1.82) is 0 Å². The number of carbonyl (C=O) groups excluding carboxylic acids is 1. The van der Waals surface area contributed by atoms with Crippen molar-refractivity contribution < 1.29 is 9.53 Å². The van der Waals surface area contributed by atoms with Crippen LogP contribution in [0.1, 0.15) is 5.56 Å². The molecule has 5 heteroatoms. The second-order valence-corrected chi connectivity index (χ2v) is 5.11. The Morgan fingerprint density at radius 1 is 1.35 bits per heavy atom. The average molecular weight is 273 g/mol. The molecule has 0 radical (unpaired) electrons. The molecule has 20 heavy (non-hydrogen) atoms. The zero-order valence-corrected chi connectivity index (χ0v) is 11.3. The zero-order valence-electron chi connectivity index (χ0n) is 11.3. The van der Waals surface area contributed by atoms with E-state index in [1.54, 1.807) is 4.90 Å². The molecule has 1 amide bonds. The molecule has 0 bridgehead atoms. The molecule has 0 aliphatic carbocycles. The Balaban J connectivity index is 1.71. The lowest BCUT2D eigenvalue weighted by molar-refractivity contribution is -0.136. The van der Waals surface area contributed by atoms with Crippen LogP contribution in [-0.2, 0) is 16.0 Å². The second-order valence-electron chi connectivity index (χ2n) is 5.11. The lowest BCUT2D eigenvalue weighted by Gasteiger charge is -2.29. The minimum absolute atomic E-state index is 0.0126. The molecule has 1 aliphatic rings. The molecular formula is C15H19N3O2. The number of benzene rings is 1. The first-order valence-corrected chi connectivity index (χ1v) is 6.93. The van der Waals surface area contributed by atoms with E-state index in [0.29, 0.717) is 32.7 Å². The third-order valence-corrected chi connectivity index (χ3v) is 3.75. The summed E-state index contributed by atoms with van der Waals surface area (Å²) in [6.45, 7) is 2.48. The molecule has 0 saturated carbocycles. The summed E-state index contributed by atoms with van der Waals surface area (Å²) in [6, 6.07) is 7.56. The zero-order chi connectivity index (χ0) is 13.9. The SMILES string of the molecule is N[C@H](Cc1c[nH]c2ccccc12)C(=O)N1CCOCC1. The number of fused-ring (bicyclic) bond motifs is 1. The summed E-state index contributed by atoms with van der Waals surface area (Å²) in [5, 5.41) is 1.14. The lowest BCUT2D eigenvalue weighted by Crippen LogP contribution is -2.49. The van der Waals surface area contributed by atoms with Gasteiger partial charge in [-0.1, -0.05) is 18.2 Å². The van der Waals surface area contributed by atoms with E-state index in [1.165, 1.54) is 0 Å². The van der Waals surface area contributed by atoms with Crippen molar-refractivity contribution in [2.75, 3.05) is 26.3 Å². The molecule has 1 atom stereocenters. The van der Waals surface area contributed by atoms with Gasteiger partial charge in [-0.25, -0.2) is 0 Å². The molecule has 2 heterocycles. The minimum Gasteiger partial charge on any atom is -0.378 e. The molecule has 106 valence electrons. The van der Waals surface area contributed by atoms with E-state index >= 15 is 0 Å². The summed E-state index contributed by atoms with van der Waals surface area (Å²) in [5.74, 6) is 0.0126. The number of para-hydroxylation sites is 1. The highest BCUT2D eigenvalue weighted by molar-refractivity contribution is 5.86. The second kappa shape index (κ2) is 5.64. The molecule has 1 aromatic carbocycles. The normalized spacial score (nSPS) is 17.4. The van der Waals surface area contributed by atoms with Crippen LogP contribution < -0.4 is 5.73 Å². The van der Waals surface area contributed by atoms with Crippen molar-refractivity contribution in [3.05, 3.63) is 36.0 Å². The summed E-state index contributed by atoms with van der Waals surface area (Å²) < 4.78 is 5.25. The van der Waals surface area contributed by atoms with Gasteiger partial charge in [-0.2, -0.15) is 0 Å². The number of aromatic amines is 1. The Kier molecular flexibility index (Phi) is 3.71. The van der Waals surface area contributed by atoms with Crippen LogP contribution in [0, 0.1) is 0 Å². The highest BCUT2D eigenvalue weighted by Crippen LogP contribution is 2.19. The van der Waals surface area contributed by atoms with E-state index in [4.69, 9.17) is 10.5 Å². The van der Waals surface area contributed by atoms with Gasteiger partial charge in [0.15, 0.2) is 0 Å². The lowest BCUT2D eigenvalue weighted by atomic mass is 10.0. The molecule has 3 N–H and O–H groups in total. The molecule has 0 spiro atoms. The van der Waals surface area contributed by atoms with Crippen LogP contribution in [0.5, 0.6) is 0 Å². The number of ether oxygens (including phenoxy) is 1. The number of hydrogen-bond donors (Lipinski definition) is 2. The maximum Gasteiger partial charge on any atom is 0.239 e. The van der Waals surface area contributed by atoms with Crippen LogP contribution in [0.15, 0.2) is 30.5 Å². The van der Waals surface area contributed by atoms with Gasteiger partial charge in [0.25, 0.3) is 0 Å². The van der Waals surface area contributed by atoms with Crippen LogP contribution >= 0.6 is 0 Å². The molecule has 2 aromatic rings. The molecule has 1 aliphatic heterocycles. The Labute approximate surface area is 117 Å². The van der Waals surface area contributed by atoms with Gasteiger partial charge in [0, 0.05) is 30.2 Å². The summed E-state index contributed by atoms with van der Waals surface area (Å²) >= 11 is 0. The van der Waals surface area contributed by atoms with E-state index in [9.17, 15) is 4.79 Å². The van der Waals surface area contributed by atoms with Gasteiger partial charge in [-0.3, -0.25) is 4.79 Å². The maximum atomic E-state index is 12.3. The third-order valence-electron chi connectivity index (χ3n) is 3.75. The topological polar surface area (TPSA) is 71.4 Å². The van der Waals surface area contributed by atoms with E-state index < -0.39 is 6.04 Å². The number of hydrogen-bond acceptors (Lipinski definition) is 3. The summed E-state index contributed by atoms with van der Waals surface area (Å²) in [6.07, 6.45) is 2.50. The molecule has 1 fully saturated rings. The molecule has 5 nitrogen and oxygen atoms in total. The number of nitrogens with one attached hydrogen (secondary N) is 1. The quantitative estimate of drug-likeness (QED) is 0.872. The number of H-pyrrole nitrogens is 1. The third kappa shape index (κ3) is 2.55. The number of nitrogens with zero attached hydrogens (tertiary/aromatic N) is 1. The van der Waals surface area contributed by atoms with Gasteiger partial charge < -0.3 is 20.4 Å². The van der Waals surface area contributed by atoms with Crippen molar-refractivity contribution in [2.24, 2.45) is 5.73 Å². The Hall–Kier alpha value is -1.85. The highest BCUT2D eigenvalue weighted by atomic mass is 16.5. The largest absolute Gasteiger partial charge is 0.378 e. The number of nitrogens with two attached hydrogens (primary N) is 1. The van der Waals surface area contributed by atoms with Crippen molar-refractivity contribution >= 4 is 16.8 Å². The van der Waals surface area contributed by atoms with Gasteiger partial charge in [-0.05, 0) is 18.1 Å². The first-order valence-electron chi connectivity index (χ1n) is 6.93. The first kappa shape index (κ1) is 13.1. The van der Waals surface area contributed by atoms with E-state index in [2.05, 4.69) is 4.98 Å². The van der Waals surface area contributed by atoms with Crippen molar-refractivity contribution in [3.8, 4) is 0 Å². The smallest absolute Gasteiger partial charge is 0.239 e. The van der Waals surface area contributed by atoms with Gasteiger partial charge in [0.05, 0.1) is 19.3 Å². The monoisotopic (exact) mass is 273 g/mol. The number of morpholine rings is 1. The van der Waals surface area contributed by atoms with Gasteiger partial charge in [0.1, 0.15) is 0 Å². The average Bonchev–Trinajstić information content (AvgIpc) is 2.91. The highest BCUT2D eigenvalue weighted by Gasteiger charge is 2.23. The van der Waals surface area contributed by atoms with Gasteiger partial charge in [-0.15, -0.1) is 0 Å². The molecule has 1 saturated heterocycles. The number of rotatable bonds is 3. The molecule has 1 aromatic heterocycles. The minimum atomic E-state index is -0.493. The maximum absolute atomic E-state index is 12.3. The summed E-state index contributed by atoms with van der Waals surface area (Å²) in [4.78, 5) is 17.3. The molecular weight excluding hydrogens is 254 g/mol. The van der Waals surface area contributed by atoms with E-state index in [1.807, 2.05) is 30.5 Å². The van der Waals surface area contributed by atoms with Crippen LogP contribution in [-0.4, -0.2) is 48.1 Å². The first-order chi connectivity index (χ1) is 9.75. The molecule has 3 rings (SSSR count). The Morgan fingerprint density at radius 2 is 2.10 bits per heavy atom. The Morgan fingerprint density at radius 3 is 2.90 bits per heavy atom. The van der Waals surface area contributed by atoms with Crippen molar-refractivity contribution in [3.63, 3.8) is 0 Å². The van der Waals surface area contributed by atoms with Crippen molar-refractivity contribution in [1.82, 2.24) is 9.88 Å². The fourth-order valence-electron chi connectivity index (χ4n) is 2.64. The number of carbonyl (C=O) groups is 1. The number of amides is 1. The van der Waals surface area contributed by atoms with Crippen LogP contribution in [0.25, 0.3) is 10.9 Å². The van der Waals surface area contributed by atoms with Crippen LogP contribution in [0.2, 0.25) is 0 Å². The Bertz CT molecular complexity index is 602. The van der Waals surface area contributed by atoms with Crippen LogP contribution in [0.3, 0.4) is 0 Å². The fourth-order valence-corrected chi connectivity index (χ4v) is 2.64. The molecule has 0 unspecified atom stereocenters. The van der Waals surface area contributed by atoms with Crippen molar-refractivity contribution in [2.45, 2.75) is 12.5 Å². The summed E-state index contributed by atoms with van der Waals surface area (Å²) in [5.41, 5.74) is 8.25. The fraction of sp³-hybridized carbons (Fsp3) is 0.400. The van der Waals surface area contributed by atoms with Gasteiger partial charge in [0.2, 0.25) is 5.91 Å².